The van der Waals surface area contributed by atoms with Gasteiger partial charge in [0, 0.05) is 72.4 Å². The van der Waals surface area contributed by atoms with Gasteiger partial charge in [-0.05, 0) is 74.9 Å². The summed E-state index contributed by atoms with van der Waals surface area (Å²) >= 11 is 9.53. The number of pyridine rings is 1. The fourth-order valence-corrected chi connectivity index (χ4v) is 11.8. The number of amides is 4. The Morgan fingerprint density at radius 3 is 2.32 bits per heavy atom. The van der Waals surface area contributed by atoms with Gasteiger partial charge in [0.2, 0.25) is 17.7 Å². The van der Waals surface area contributed by atoms with E-state index in [1.807, 2.05) is 105 Å². The van der Waals surface area contributed by atoms with Crippen LogP contribution in [0.25, 0.3) is 15.4 Å². The van der Waals surface area contributed by atoms with Gasteiger partial charge in [-0.15, -0.1) is 32.9 Å². The van der Waals surface area contributed by atoms with E-state index < -0.39 is 41.5 Å². The molecule has 382 valence electrons. The molecule has 0 bridgehead atoms. The highest BCUT2D eigenvalue weighted by atomic mass is 35.5. The molecule has 2 aromatic carbocycles. The first kappa shape index (κ1) is 51.4. The van der Waals surface area contributed by atoms with Crippen molar-refractivity contribution in [3.8, 4) is 21.2 Å². The third-order valence-corrected chi connectivity index (χ3v) is 16.3. The van der Waals surface area contributed by atoms with E-state index >= 15 is 0 Å². The van der Waals surface area contributed by atoms with E-state index in [1.54, 1.807) is 41.0 Å². The van der Waals surface area contributed by atoms with Crippen LogP contribution in [0.5, 0.6) is 5.75 Å². The van der Waals surface area contributed by atoms with Crippen LogP contribution in [0.1, 0.15) is 97.1 Å². The van der Waals surface area contributed by atoms with Crippen LogP contribution in [0.2, 0.25) is 5.02 Å². The molecule has 0 spiro atoms. The lowest BCUT2D eigenvalue weighted by molar-refractivity contribution is -0.144. The molecule has 2 saturated heterocycles. The van der Waals surface area contributed by atoms with E-state index in [0.717, 1.165) is 54.9 Å². The highest BCUT2D eigenvalue weighted by Gasteiger charge is 2.45. The van der Waals surface area contributed by atoms with E-state index in [1.165, 1.54) is 9.78 Å². The number of piperazine rings is 1. The van der Waals surface area contributed by atoms with Crippen molar-refractivity contribution in [3.63, 3.8) is 0 Å². The van der Waals surface area contributed by atoms with Gasteiger partial charge in [-0.25, -0.2) is 9.97 Å². The number of nitrogens with zero attached hydrogens (tertiary/aromatic N) is 9. The largest absolute Gasteiger partial charge is 0.484 e. The molecule has 3 aliphatic rings. The first-order valence-corrected chi connectivity index (χ1v) is 26.5. The monoisotopic (exact) mass is 1050 g/mol. The number of aliphatic hydroxyl groups is 1. The van der Waals surface area contributed by atoms with Gasteiger partial charge in [0.25, 0.3) is 5.91 Å². The maximum absolute atomic E-state index is 14.3. The van der Waals surface area contributed by atoms with Crippen LogP contribution >= 0.6 is 34.3 Å². The van der Waals surface area contributed by atoms with Gasteiger partial charge in [0.05, 0.1) is 40.4 Å². The van der Waals surface area contributed by atoms with Crippen LogP contribution in [0, 0.1) is 33.1 Å². The van der Waals surface area contributed by atoms with Crippen molar-refractivity contribution in [2.45, 2.75) is 98.5 Å². The number of ether oxygens (including phenoxy) is 1. The minimum Gasteiger partial charge on any atom is -0.484 e. The van der Waals surface area contributed by atoms with E-state index in [9.17, 15) is 24.3 Å². The molecule has 73 heavy (non-hydrogen) atoms. The third kappa shape index (κ3) is 10.9. The molecule has 0 saturated carbocycles. The zero-order valence-electron chi connectivity index (χ0n) is 42.2. The molecule has 20 heteroatoms. The molecule has 4 amide bonds. The Labute approximate surface area is 437 Å². The lowest BCUT2D eigenvalue weighted by Gasteiger charge is -2.36. The Morgan fingerprint density at radius 2 is 1.63 bits per heavy atom. The summed E-state index contributed by atoms with van der Waals surface area (Å²) in [6.45, 7) is 16.9. The van der Waals surface area contributed by atoms with Gasteiger partial charge in [-0.1, -0.05) is 68.8 Å². The van der Waals surface area contributed by atoms with E-state index in [0.29, 0.717) is 48.6 Å². The minimum absolute atomic E-state index is 0.0455. The van der Waals surface area contributed by atoms with Crippen molar-refractivity contribution < 1.29 is 29.0 Å². The molecule has 3 aliphatic heterocycles. The Bertz CT molecular complexity index is 3060. The fraction of sp³-hybridized carbons (Fsp3) is 0.415. The van der Waals surface area contributed by atoms with Crippen molar-refractivity contribution in [3.05, 3.63) is 122 Å². The Morgan fingerprint density at radius 1 is 0.918 bits per heavy atom. The minimum atomic E-state index is -1.03. The average molecular weight is 1050 g/mol. The summed E-state index contributed by atoms with van der Waals surface area (Å²) in [7, 11) is 0. The fourth-order valence-electron chi connectivity index (χ4n) is 9.64. The van der Waals surface area contributed by atoms with Crippen LogP contribution in [0.3, 0.4) is 0 Å². The molecule has 17 nitrogen and oxygen atoms in total. The third-order valence-electron chi connectivity index (χ3n) is 13.8. The number of halogens is 1. The number of β-amino-alcohol motifs (C(OH)–C–C–N with tert-alkyl or cyclic N) is 1. The van der Waals surface area contributed by atoms with Crippen LogP contribution in [-0.2, 0) is 19.2 Å². The Kier molecular flexibility index (Phi) is 14.9. The number of carbonyl (C=O) groups is 4. The first-order chi connectivity index (χ1) is 34.8. The molecule has 9 rings (SSSR count). The number of likely N-dealkylation sites (tertiary alicyclic amines) is 1. The number of aliphatic imine (C=N–C) groups is 1. The molecular weight excluding hydrogens is 986 g/mol. The summed E-state index contributed by atoms with van der Waals surface area (Å²) in [6.07, 6.45) is 0.872. The van der Waals surface area contributed by atoms with Crippen molar-refractivity contribution in [2.24, 2.45) is 10.4 Å². The molecular formula is C53H60ClN11O6S2. The summed E-state index contributed by atoms with van der Waals surface area (Å²) in [5.41, 5.74) is 7.76. The molecule has 2 fully saturated rings. The maximum Gasteiger partial charge on any atom is 0.258 e. The predicted molar refractivity (Wildman–Crippen MR) is 283 cm³/mol. The highest BCUT2D eigenvalue weighted by Crippen LogP contribution is 2.40. The van der Waals surface area contributed by atoms with E-state index in [2.05, 4.69) is 49.5 Å². The summed E-state index contributed by atoms with van der Waals surface area (Å²) in [5, 5.41) is 27.3. The number of carbonyl (C=O) groups excluding carboxylic acids is 4. The quantitative estimate of drug-likeness (QED) is 0.106. The number of benzene rings is 2. The second-order valence-electron chi connectivity index (χ2n) is 20.0. The zero-order chi connectivity index (χ0) is 51.9. The molecule has 5 atom stereocenters. The summed E-state index contributed by atoms with van der Waals surface area (Å²) < 4.78 is 8.01. The number of nitrogens with one attached hydrogen (secondary N) is 2. The average Bonchev–Trinajstić information content (AvgIpc) is 4.14. The van der Waals surface area contributed by atoms with Crippen molar-refractivity contribution in [1.29, 1.82) is 0 Å². The second-order valence-corrected chi connectivity index (χ2v) is 22.5. The number of thiophene rings is 1. The highest BCUT2D eigenvalue weighted by molar-refractivity contribution is 7.15. The molecule has 0 radical (unpaired) electrons. The lowest BCUT2D eigenvalue weighted by atomic mass is 9.85. The van der Waals surface area contributed by atoms with Crippen LogP contribution in [-0.4, -0.2) is 126 Å². The topological polar surface area (TPSA) is 200 Å². The van der Waals surface area contributed by atoms with Crippen molar-refractivity contribution in [2.75, 3.05) is 44.2 Å². The number of fused-ring (bicyclic) bond motifs is 3. The molecule has 0 aliphatic carbocycles. The number of anilines is 1. The summed E-state index contributed by atoms with van der Waals surface area (Å²) in [6, 6.07) is 16.0. The molecule has 7 heterocycles. The molecule has 3 N–H and O–H groups in total. The maximum atomic E-state index is 14.3. The number of hydrogen-bond acceptors (Lipinski definition) is 14. The van der Waals surface area contributed by atoms with Gasteiger partial charge < -0.3 is 35.2 Å². The SMILES string of the molecule is Cc1ncsc1-c1ccc([C@H](C)NC(=O)[C@@H]2C[C@@H](O)CN2C(=O)C(NC(=O)COc2ccnc(N3CCN(C(=O)C[C@@H]4N=C(c5ccc(Cl)cc5)c5c(sc(C)c5C)-n5c(C)nnc54)CC3)c2)C(C)(C)C)cc1. The van der Waals surface area contributed by atoms with Gasteiger partial charge >= 0.3 is 0 Å². The van der Waals surface area contributed by atoms with Gasteiger partial charge in [-0.2, -0.15) is 0 Å². The van der Waals surface area contributed by atoms with Gasteiger partial charge in [0.1, 0.15) is 40.5 Å². The predicted octanol–water partition coefficient (Wildman–Crippen LogP) is 7.11. The smallest absolute Gasteiger partial charge is 0.258 e. The standard InChI is InChI=1S/C53H60ClN11O6S2/c1-29-32(4)73-52-45(29)46(35-13-15-37(54)16-14-35)58-40(49-61-60-33(5)65(49)52)25-44(68)63-21-19-62(20-22-63)42-24-39(17-18-55-42)71-27-43(67)59-48(53(6,7)8)51(70)64-26-38(66)23-41(64)50(69)57-30(2)34-9-11-36(12-10-34)47-31(3)56-28-72-47/h9-18,24,28,30,38,40-41,48,66H,19-23,25-27H2,1-8H3,(H,57,69)(H,59,67)/t30-,38+,40-,41-,48?/m0/s1. The van der Waals surface area contributed by atoms with E-state index in [-0.39, 0.29) is 43.8 Å². The second kappa shape index (κ2) is 21.1. The Balaban J connectivity index is 0.800. The van der Waals surface area contributed by atoms with E-state index in [4.69, 9.17) is 21.3 Å². The molecule has 4 aromatic heterocycles. The van der Waals surface area contributed by atoms with Crippen LogP contribution < -0.4 is 20.3 Å². The molecule has 6 aromatic rings. The number of rotatable bonds is 13. The van der Waals surface area contributed by atoms with Crippen molar-refractivity contribution >= 4 is 69.4 Å². The summed E-state index contributed by atoms with van der Waals surface area (Å²) in [5.74, 6) is 0.942. The number of aryl methyl sites for hydroxylation is 3. The number of aliphatic hydroxyl groups excluding tert-OH is 1. The van der Waals surface area contributed by atoms with Crippen LogP contribution in [0.4, 0.5) is 5.82 Å². The lowest BCUT2D eigenvalue weighted by Crippen LogP contribution is -2.58. The first-order valence-electron chi connectivity index (χ1n) is 24.4. The van der Waals surface area contributed by atoms with Gasteiger partial charge in [0.15, 0.2) is 12.4 Å². The number of aromatic nitrogens is 5. The van der Waals surface area contributed by atoms with Gasteiger partial charge in [-0.3, -0.25) is 28.7 Å². The van der Waals surface area contributed by atoms with Crippen molar-refractivity contribution in [1.82, 2.24) is 45.2 Å². The normalized spacial score (nSPS) is 18.6. The van der Waals surface area contributed by atoms with Crippen LogP contribution in [0.15, 0.2) is 77.4 Å². The Hall–Kier alpha value is -6.54. The zero-order valence-corrected chi connectivity index (χ0v) is 44.6. The number of thiazole rings is 1. The summed E-state index contributed by atoms with van der Waals surface area (Å²) in [4.78, 5) is 77.5. The molecule has 1 unspecified atom stereocenters. The number of hydrogen-bond donors (Lipinski definition) is 3.